The lowest BCUT2D eigenvalue weighted by Gasteiger charge is -2.22. The number of benzene rings is 2. The normalized spacial score (nSPS) is 16.3. The van der Waals surface area contributed by atoms with Crippen LogP contribution in [0.3, 0.4) is 0 Å². The number of aryl methyl sites for hydroxylation is 1. The van der Waals surface area contributed by atoms with Crippen LogP contribution in [-0.4, -0.2) is 45.9 Å². The average Bonchev–Trinajstić information content (AvgIpc) is 3.18. The van der Waals surface area contributed by atoms with Crippen LogP contribution in [0.1, 0.15) is 63.6 Å². The van der Waals surface area contributed by atoms with Gasteiger partial charge < -0.3 is 10.2 Å². The van der Waals surface area contributed by atoms with Crippen molar-refractivity contribution in [2.75, 3.05) is 25.5 Å². The van der Waals surface area contributed by atoms with Gasteiger partial charge in [0.1, 0.15) is 5.82 Å². The second-order valence-corrected chi connectivity index (χ2v) is 10.6. The van der Waals surface area contributed by atoms with E-state index < -0.39 is 17.6 Å². The van der Waals surface area contributed by atoms with E-state index >= 15 is 0 Å². The van der Waals surface area contributed by atoms with Crippen LogP contribution >= 0.6 is 0 Å². The van der Waals surface area contributed by atoms with Crippen LogP contribution < -0.4 is 5.32 Å². The summed E-state index contributed by atoms with van der Waals surface area (Å²) in [5, 5.41) is 2.52. The van der Waals surface area contributed by atoms with Gasteiger partial charge in [-0.15, -0.1) is 0 Å². The molecule has 0 aliphatic carbocycles. The Hall–Kier alpha value is -4.11. The fraction of sp³-hybridized carbons (Fsp3) is 0.312. The van der Waals surface area contributed by atoms with Crippen molar-refractivity contribution in [3.8, 4) is 11.3 Å². The van der Waals surface area contributed by atoms with E-state index in [2.05, 4.69) is 25.2 Å². The van der Waals surface area contributed by atoms with Gasteiger partial charge in [0.05, 0.1) is 16.9 Å². The zero-order valence-electron chi connectivity index (χ0n) is 23.1. The maximum absolute atomic E-state index is 14.1. The minimum Gasteiger partial charge on any atom is -0.321 e. The second-order valence-electron chi connectivity index (χ2n) is 10.6. The largest absolute Gasteiger partial charge is 0.418 e. The van der Waals surface area contributed by atoms with Crippen LogP contribution in [0, 0.1) is 6.92 Å². The Morgan fingerprint density at radius 3 is 2.71 bits per heavy atom. The highest BCUT2D eigenvalue weighted by Crippen LogP contribution is 2.38. The molecule has 212 valence electrons. The van der Waals surface area contributed by atoms with E-state index in [4.69, 9.17) is 0 Å². The number of carbonyl (C=O) groups is 1. The minimum atomic E-state index is -4.61. The summed E-state index contributed by atoms with van der Waals surface area (Å²) in [7, 11) is 2.00. The van der Waals surface area contributed by atoms with Crippen LogP contribution in [-0.2, 0) is 12.6 Å². The molecule has 4 aromatic rings. The van der Waals surface area contributed by atoms with Crippen LogP contribution in [0.4, 0.5) is 18.9 Å². The smallest absolute Gasteiger partial charge is 0.321 e. The number of hydrogen-bond acceptors (Lipinski definition) is 5. The highest BCUT2D eigenvalue weighted by molar-refractivity contribution is 6.05. The highest BCUT2D eigenvalue weighted by Gasteiger charge is 2.35. The zero-order valence-corrected chi connectivity index (χ0v) is 23.1. The molecule has 1 fully saturated rings. The van der Waals surface area contributed by atoms with Crippen molar-refractivity contribution >= 4 is 11.6 Å². The van der Waals surface area contributed by atoms with Gasteiger partial charge in [0.2, 0.25) is 0 Å². The molecule has 6 nitrogen and oxygen atoms in total. The molecule has 3 heterocycles. The number of nitrogens with zero attached hydrogens (tertiary/aromatic N) is 4. The van der Waals surface area contributed by atoms with Crippen LogP contribution in [0.5, 0.6) is 0 Å². The van der Waals surface area contributed by atoms with Gasteiger partial charge in [-0.05, 0) is 98.4 Å². The van der Waals surface area contributed by atoms with Crippen molar-refractivity contribution in [1.29, 1.82) is 0 Å². The third kappa shape index (κ3) is 6.97. The maximum atomic E-state index is 14.1. The van der Waals surface area contributed by atoms with Crippen LogP contribution in [0.25, 0.3) is 11.3 Å². The third-order valence-corrected chi connectivity index (χ3v) is 7.57. The lowest BCUT2D eigenvalue weighted by atomic mass is 9.92. The van der Waals surface area contributed by atoms with E-state index in [1.807, 2.05) is 26.1 Å². The molecule has 1 N–H and O–H groups in total. The molecule has 9 heteroatoms. The molecule has 0 bridgehead atoms. The Balaban J connectivity index is 1.37. The van der Waals surface area contributed by atoms with E-state index in [0.717, 1.165) is 48.2 Å². The molecular weight excluding hydrogens is 527 g/mol. The quantitative estimate of drug-likeness (QED) is 0.278. The van der Waals surface area contributed by atoms with Gasteiger partial charge in [-0.2, -0.15) is 13.2 Å². The first kappa shape index (κ1) is 28.4. The van der Waals surface area contributed by atoms with Crippen LogP contribution in [0.2, 0.25) is 0 Å². The SMILES string of the molecule is Cc1ccc(C(=O)Nc2ccc(C3CCCCN(C)C3)cc2C(F)(F)F)cc1Cc1nccc(-c2cccnc2)n1. The van der Waals surface area contributed by atoms with Gasteiger partial charge in [-0.3, -0.25) is 9.78 Å². The number of nitrogens with one attached hydrogen (secondary N) is 1. The van der Waals surface area contributed by atoms with Crippen molar-refractivity contribution in [1.82, 2.24) is 19.9 Å². The van der Waals surface area contributed by atoms with E-state index in [1.165, 1.54) is 12.1 Å². The third-order valence-electron chi connectivity index (χ3n) is 7.57. The van der Waals surface area contributed by atoms with Crippen molar-refractivity contribution in [3.63, 3.8) is 0 Å². The number of rotatable bonds is 6. The first-order chi connectivity index (χ1) is 19.7. The molecule has 1 unspecified atom stereocenters. The molecule has 0 spiro atoms. The number of alkyl halides is 3. The molecule has 1 saturated heterocycles. The van der Waals surface area contributed by atoms with Crippen molar-refractivity contribution < 1.29 is 18.0 Å². The summed E-state index contributed by atoms with van der Waals surface area (Å²) in [5.74, 6) is -0.0262. The minimum absolute atomic E-state index is 0.0203. The van der Waals surface area contributed by atoms with Crippen molar-refractivity contribution in [2.45, 2.75) is 44.7 Å². The number of likely N-dealkylation sites (N-methyl/N-ethyl adjacent to an activating group) is 1. The van der Waals surface area contributed by atoms with Gasteiger partial charge in [-0.1, -0.05) is 18.6 Å². The van der Waals surface area contributed by atoms with E-state index in [9.17, 15) is 18.0 Å². The zero-order chi connectivity index (χ0) is 29.0. The van der Waals surface area contributed by atoms with Gasteiger partial charge >= 0.3 is 6.18 Å². The van der Waals surface area contributed by atoms with Gasteiger partial charge in [-0.25, -0.2) is 9.97 Å². The Kier molecular flexibility index (Phi) is 8.44. The number of likely N-dealkylation sites (tertiary alicyclic amines) is 1. The molecule has 1 aliphatic heterocycles. The summed E-state index contributed by atoms with van der Waals surface area (Å²) in [6, 6.07) is 14.9. The molecule has 0 saturated carbocycles. The van der Waals surface area contributed by atoms with Gasteiger partial charge in [0.15, 0.2) is 0 Å². The summed E-state index contributed by atoms with van der Waals surface area (Å²) in [4.78, 5) is 28.5. The van der Waals surface area contributed by atoms with E-state index in [0.29, 0.717) is 24.4 Å². The average molecular weight is 560 g/mol. The fourth-order valence-corrected chi connectivity index (χ4v) is 5.29. The molecule has 1 aliphatic rings. The van der Waals surface area contributed by atoms with E-state index in [-0.39, 0.29) is 17.2 Å². The first-order valence-corrected chi connectivity index (χ1v) is 13.7. The molecule has 41 heavy (non-hydrogen) atoms. The molecule has 1 atom stereocenters. The number of halogens is 3. The number of carbonyl (C=O) groups excluding carboxylic acids is 1. The molecule has 2 aromatic carbocycles. The Morgan fingerprint density at radius 1 is 1.07 bits per heavy atom. The lowest BCUT2D eigenvalue weighted by molar-refractivity contribution is -0.137. The number of anilines is 1. The standard InChI is InChI=1S/C32H32F3N5O/c1-21-8-9-23(16-26(21)18-30-37-14-12-28(38-30)24-7-5-13-36-19-24)31(41)39-29-11-10-22(17-27(29)32(33,34)35)25-6-3-4-15-40(2)20-25/h5,7-14,16-17,19,25H,3-4,6,15,18,20H2,1-2H3,(H,39,41). The summed E-state index contributed by atoms with van der Waals surface area (Å²) in [6.07, 6.45) is 3.69. The van der Waals surface area contributed by atoms with Crippen molar-refractivity contribution in [3.05, 3.63) is 107 Å². The van der Waals surface area contributed by atoms with Crippen LogP contribution in [0.15, 0.2) is 73.2 Å². The number of aromatic nitrogens is 3. The fourth-order valence-electron chi connectivity index (χ4n) is 5.29. The summed E-state index contributed by atoms with van der Waals surface area (Å²) < 4.78 is 42.4. The first-order valence-electron chi connectivity index (χ1n) is 13.7. The number of amides is 1. The monoisotopic (exact) mass is 559 g/mol. The van der Waals surface area contributed by atoms with E-state index in [1.54, 1.807) is 48.9 Å². The van der Waals surface area contributed by atoms with Crippen molar-refractivity contribution in [2.24, 2.45) is 0 Å². The molecule has 1 amide bonds. The topological polar surface area (TPSA) is 71.0 Å². The summed E-state index contributed by atoms with van der Waals surface area (Å²) in [5.41, 5.74) is 3.15. The maximum Gasteiger partial charge on any atom is 0.418 e. The second kappa shape index (κ2) is 12.2. The molecule has 2 aromatic heterocycles. The lowest BCUT2D eigenvalue weighted by Crippen LogP contribution is -2.23. The summed E-state index contributed by atoms with van der Waals surface area (Å²) in [6.45, 7) is 3.56. The predicted molar refractivity (Wildman–Crippen MR) is 153 cm³/mol. The highest BCUT2D eigenvalue weighted by atomic mass is 19.4. The number of hydrogen-bond donors (Lipinski definition) is 1. The van der Waals surface area contributed by atoms with Gasteiger partial charge in [0.25, 0.3) is 5.91 Å². The molecule has 0 radical (unpaired) electrons. The Bertz CT molecular complexity index is 1520. The Labute approximate surface area is 237 Å². The van der Waals surface area contributed by atoms with Gasteiger partial charge in [0, 0.05) is 42.7 Å². The molecule has 5 rings (SSSR count). The molecular formula is C32H32F3N5O. The Morgan fingerprint density at radius 2 is 1.93 bits per heavy atom. The predicted octanol–water partition coefficient (Wildman–Crippen LogP) is 6.91. The number of pyridine rings is 1. The summed E-state index contributed by atoms with van der Waals surface area (Å²) >= 11 is 0.